The molecule has 88 valence electrons. The third-order valence-corrected chi connectivity index (χ3v) is 1.59. The molecule has 4 nitrogen and oxygen atoms in total. The minimum absolute atomic E-state index is 0.366. The van der Waals surface area contributed by atoms with Crippen molar-refractivity contribution in [1.29, 1.82) is 0 Å². The molecule has 0 bridgehead atoms. The standard InChI is InChI=1S/C9H7F3O4/c1-15-8(14)6-4-5(13)2-3-7(6)16-9(10,11)12/h2-4,13H,1H3. The number of hydrogen-bond acceptors (Lipinski definition) is 4. The number of phenolic OH excluding ortho intramolecular Hbond substituents is 1. The molecule has 0 fully saturated rings. The quantitative estimate of drug-likeness (QED) is 0.798. The van der Waals surface area contributed by atoms with E-state index in [2.05, 4.69) is 9.47 Å². The van der Waals surface area contributed by atoms with E-state index in [1.807, 2.05) is 0 Å². The molecule has 0 aromatic heterocycles. The summed E-state index contributed by atoms with van der Waals surface area (Å²) < 4.78 is 43.7. The fraction of sp³-hybridized carbons (Fsp3) is 0.222. The van der Waals surface area contributed by atoms with Crippen LogP contribution in [0.5, 0.6) is 11.5 Å². The summed E-state index contributed by atoms with van der Waals surface area (Å²) in [5.41, 5.74) is -0.500. The van der Waals surface area contributed by atoms with Gasteiger partial charge in [0.15, 0.2) is 0 Å². The maximum atomic E-state index is 12.0. The summed E-state index contributed by atoms with van der Waals surface area (Å²) >= 11 is 0. The van der Waals surface area contributed by atoms with E-state index in [-0.39, 0.29) is 5.75 Å². The van der Waals surface area contributed by atoms with Crippen LogP contribution < -0.4 is 4.74 Å². The minimum atomic E-state index is -4.92. The molecule has 0 saturated carbocycles. The van der Waals surface area contributed by atoms with Gasteiger partial charge in [0.1, 0.15) is 17.1 Å². The molecule has 0 unspecified atom stereocenters. The Morgan fingerprint density at radius 1 is 1.38 bits per heavy atom. The number of rotatable bonds is 2. The van der Waals surface area contributed by atoms with Crippen LogP contribution in [0.15, 0.2) is 18.2 Å². The van der Waals surface area contributed by atoms with Crippen LogP contribution in [0.3, 0.4) is 0 Å². The molecule has 16 heavy (non-hydrogen) atoms. The number of esters is 1. The summed E-state index contributed by atoms with van der Waals surface area (Å²) in [4.78, 5) is 11.1. The molecule has 0 aliphatic carbocycles. The molecule has 0 amide bonds. The number of benzene rings is 1. The van der Waals surface area contributed by atoms with Gasteiger partial charge >= 0.3 is 12.3 Å². The molecule has 0 aliphatic heterocycles. The zero-order chi connectivity index (χ0) is 12.3. The van der Waals surface area contributed by atoms with Gasteiger partial charge in [-0.1, -0.05) is 0 Å². The van der Waals surface area contributed by atoms with Gasteiger partial charge in [-0.15, -0.1) is 13.2 Å². The maximum absolute atomic E-state index is 12.0. The first-order valence-corrected chi connectivity index (χ1v) is 4.00. The summed E-state index contributed by atoms with van der Waals surface area (Å²) in [7, 11) is 1.00. The third-order valence-electron chi connectivity index (χ3n) is 1.59. The lowest BCUT2D eigenvalue weighted by Gasteiger charge is -2.12. The van der Waals surface area contributed by atoms with E-state index < -0.39 is 23.6 Å². The Kier molecular flexibility index (Phi) is 3.26. The molecular formula is C9H7F3O4. The number of phenols is 1. The number of ether oxygens (including phenoxy) is 2. The molecular weight excluding hydrogens is 229 g/mol. The fourth-order valence-corrected chi connectivity index (χ4v) is 1.00. The Labute approximate surface area is 88.2 Å². The van der Waals surface area contributed by atoms with Crippen LogP contribution in [0.1, 0.15) is 10.4 Å². The Bertz CT molecular complexity index is 400. The summed E-state index contributed by atoms with van der Waals surface area (Å²) in [6.45, 7) is 0. The highest BCUT2D eigenvalue weighted by atomic mass is 19.4. The molecule has 0 radical (unpaired) electrons. The van der Waals surface area contributed by atoms with Gasteiger partial charge in [0.05, 0.1) is 7.11 Å². The summed E-state index contributed by atoms with van der Waals surface area (Å²) in [5, 5.41) is 9.04. The van der Waals surface area contributed by atoms with Gasteiger partial charge in [0.2, 0.25) is 0 Å². The predicted octanol–water partition coefficient (Wildman–Crippen LogP) is 2.08. The zero-order valence-electron chi connectivity index (χ0n) is 8.04. The van der Waals surface area contributed by atoms with Crippen LogP contribution in [0, 0.1) is 0 Å². The van der Waals surface area contributed by atoms with Crippen molar-refractivity contribution in [3.63, 3.8) is 0 Å². The molecule has 0 atom stereocenters. The topological polar surface area (TPSA) is 55.8 Å². The van der Waals surface area contributed by atoms with Gasteiger partial charge in [-0.3, -0.25) is 0 Å². The van der Waals surface area contributed by atoms with Crippen LogP contribution in [-0.4, -0.2) is 24.5 Å². The highest BCUT2D eigenvalue weighted by molar-refractivity contribution is 5.92. The Hall–Kier alpha value is -1.92. The van der Waals surface area contributed by atoms with Crippen molar-refractivity contribution >= 4 is 5.97 Å². The number of aromatic hydroxyl groups is 1. The van der Waals surface area contributed by atoms with Crippen LogP contribution in [0.25, 0.3) is 0 Å². The molecule has 7 heteroatoms. The van der Waals surface area contributed by atoms with Gasteiger partial charge < -0.3 is 14.6 Å². The number of methoxy groups -OCH3 is 1. The minimum Gasteiger partial charge on any atom is -0.508 e. The lowest BCUT2D eigenvalue weighted by atomic mass is 10.2. The monoisotopic (exact) mass is 236 g/mol. The number of carbonyl (C=O) groups is 1. The van der Waals surface area contributed by atoms with Crippen LogP contribution >= 0.6 is 0 Å². The molecule has 1 N–H and O–H groups in total. The second kappa shape index (κ2) is 4.30. The van der Waals surface area contributed by atoms with Crippen molar-refractivity contribution in [3.8, 4) is 11.5 Å². The van der Waals surface area contributed by atoms with Crippen molar-refractivity contribution in [3.05, 3.63) is 23.8 Å². The number of halogens is 3. The van der Waals surface area contributed by atoms with Crippen molar-refractivity contribution in [2.24, 2.45) is 0 Å². The first-order chi connectivity index (χ1) is 7.33. The smallest absolute Gasteiger partial charge is 0.508 e. The van der Waals surface area contributed by atoms with Crippen LogP contribution in [0.4, 0.5) is 13.2 Å². The number of alkyl halides is 3. The van der Waals surface area contributed by atoms with Crippen LogP contribution in [-0.2, 0) is 4.74 Å². The second-order valence-electron chi connectivity index (χ2n) is 2.72. The molecule has 1 aromatic rings. The molecule has 0 heterocycles. The van der Waals surface area contributed by atoms with E-state index in [1.54, 1.807) is 0 Å². The number of hydrogen-bond donors (Lipinski definition) is 1. The van der Waals surface area contributed by atoms with Gasteiger partial charge in [-0.2, -0.15) is 0 Å². The Balaban J connectivity index is 3.13. The molecule has 0 aliphatic rings. The van der Waals surface area contributed by atoms with Crippen molar-refractivity contribution in [2.75, 3.05) is 7.11 Å². The van der Waals surface area contributed by atoms with Gasteiger partial charge in [-0.05, 0) is 18.2 Å². The molecule has 0 saturated heterocycles. The SMILES string of the molecule is COC(=O)c1cc(O)ccc1OC(F)(F)F. The van der Waals surface area contributed by atoms with E-state index in [1.165, 1.54) is 0 Å². The summed E-state index contributed by atoms with van der Waals surface area (Å²) in [5.74, 6) is -2.12. The predicted molar refractivity (Wildman–Crippen MR) is 46.1 cm³/mol. The number of carbonyl (C=O) groups excluding carboxylic acids is 1. The van der Waals surface area contributed by atoms with Gasteiger partial charge in [0.25, 0.3) is 0 Å². The van der Waals surface area contributed by atoms with Crippen molar-refractivity contribution in [1.82, 2.24) is 0 Å². The average Bonchev–Trinajstić information content (AvgIpc) is 2.17. The largest absolute Gasteiger partial charge is 0.573 e. The highest BCUT2D eigenvalue weighted by Crippen LogP contribution is 2.29. The third kappa shape index (κ3) is 3.04. The highest BCUT2D eigenvalue weighted by Gasteiger charge is 2.33. The Morgan fingerprint density at radius 3 is 2.50 bits per heavy atom. The molecule has 1 aromatic carbocycles. The molecule has 1 rings (SSSR count). The lowest BCUT2D eigenvalue weighted by Crippen LogP contribution is -2.19. The first-order valence-electron chi connectivity index (χ1n) is 4.00. The van der Waals surface area contributed by atoms with Gasteiger partial charge in [-0.25, -0.2) is 4.79 Å². The summed E-state index contributed by atoms with van der Waals surface area (Å²) in [6, 6.07) is 2.62. The van der Waals surface area contributed by atoms with E-state index in [0.29, 0.717) is 0 Å². The average molecular weight is 236 g/mol. The van der Waals surface area contributed by atoms with E-state index in [9.17, 15) is 18.0 Å². The van der Waals surface area contributed by atoms with Gasteiger partial charge in [0, 0.05) is 0 Å². The first kappa shape index (κ1) is 12.2. The lowest BCUT2D eigenvalue weighted by molar-refractivity contribution is -0.274. The second-order valence-corrected chi connectivity index (χ2v) is 2.72. The summed E-state index contributed by atoms with van der Waals surface area (Å²) in [6.07, 6.45) is -4.92. The Morgan fingerprint density at radius 2 is 2.00 bits per heavy atom. The van der Waals surface area contributed by atoms with E-state index in [0.717, 1.165) is 25.3 Å². The maximum Gasteiger partial charge on any atom is 0.573 e. The van der Waals surface area contributed by atoms with Crippen molar-refractivity contribution in [2.45, 2.75) is 6.36 Å². The van der Waals surface area contributed by atoms with E-state index >= 15 is 0 Å². The van der Waals surface area contributed by atoms with Crippen LogP contribution in [0.2, 0.25) is 0 Å². The normalized spacial score (nSPS) is 11.0. The fourth-order valence-electron chi connectivity index (χ4n) is 1.00. The zero-order valence-corrected chi connectivity index (χ0v) is 8.04. The molecule has 0 spiro atoms. The van der Waals surface area contributed by atoms with E-state index in [4.69, 9.17) is 5.11 Å². The van der Waals surface area contributed by atoms with Crippen molar-refractivity contribution < 1.29 is 32.5 Å².